The predicted octanol–water partition coefficient (Wildman–Crippen LogP) is 1.96. The fourth-order valence-corrected chi connectivity index (χ4v) is 2.05. The Labute approximate surface area is 127 Å². The molecule has 0 radical (unpaired) electrons. The van der Waals surface area contributed by atoms with Crippen LogP contribution >= 0.6 is 12.6 Å². The normalized spacial score (nSPS) is 12.1. The van der Waals surface area contributed by atoms with E-state index in [-0.39, 0.29) is 12.3 Å². The summed E-state index contributed by atoms with van der Waals surface area (Å²) in [6.07, 6.45) is 8.77. The minimum atomic E-state index is -0.704. The number of amides is 1. The van der Waals surface area contributed by atoms with Crippen molar-refractivity contribution in [1.29, 1.82) is 0 Å². The number of thiol groups is 1. The molecule has 0 rings (SSSR count). The Morgan fingerprint density at radius 2 is 1.50 bits per heavy atom. The first-order valence-corrected chi connectivity index (χ1v) is 8.07. The molecule has 0 fully saturated rings. The molecule has 0 spiro atoms. The average Bonchev–Trinajstić information content (AvgIpc) is 2.43. The van der Waals surface area contributed by atoms with Gasteiger partial charge in [0.05, 0.1) is 6.04 Å². The van der Waals surface area contributed by atoms with Crippen LogP contribution in [0.25, 0.3) is 0 Å². The van der Waals surface area contributed by atoms with E-state index in [0.717, 1.165) is 44.9 Å². The molecule has 0 aliphatic rings. The monoisotopic (exact) mass is 304 g/mol. The van der Waals surface area contributed by atoms with Gasteiger partial charge in [-0.05, 0) is 12.8 Å². The molecule has 0 aromatic rings. The van der Waals surface area contributed by atoms with E-state index in [2.05, 4.69) is 17.9 Å². The number of hydrogen-bond acceptors (Lipinski definition) is 4. The van der Waals surface area contributed by atoms with E-state index < -0.39 is 12.0 Å². The summed E-state index contributed by atoms with van der Waals surface area (Å²) in [5.41, 5.74) is 5.53. The first kappa shape index (κ1) is 19.2. The van der Waals surface area contributed by atoms with E-state index in [4.69, 9.17) is 10.8 Å². The number of nitrogens with two attached hydrogens (primary N) is 1. The molecule has 0 aliphatic carbocycles. The molecule has 0 aliphatic heterocycles. The van der Waals surface area contributed by atoms with Crippen LogP contribution in [0.2, 0.25) is 0 Å². The summed E-state index contributed by atoms with van der Waals surface area (Å²) in [7, 11) is 0. The summed E-state index contributed by atoms with van der Waals surface area (Å²) >= 11 is 3.97. The highest BCUT2D eigenvalue weighted by molar-refractivity contribution is 7.80. The second kappa shape index (κ2) is 13.2. The third kappa shape index (κ3) is 12.3. The standard InChI is InChI=1S/C14H28N2O3S/c15-12(11-20)14(19)16-10-8-6-4-2-1-3-5-7-9-13(17)18/h12,20H,1-11,15H2,(H,16,19)(H,17,18)/t12-/m0/s1. The van der Waals surface area contributed by atoms with Crippen molar-refractivity contribution in [2.45, 2.75) is 63.8 Å². The quantitative estimate of drug-likeness (QED) is 0.309. The van der Waals surface area contributed by atoms with Gasteiger partial charge < -0.3 is 16.2 Å². The molecule has 0 saturated carbocycles. The van der Waals surface area contributed by atoms with Gasteiger partial charge in [0.1, 0.15) is 0 Å². The van der Waals surface area contributed by atoms with Gasteiger partial charge in [-0.25, -0.2) is 0 Å². The summed E-state index contributed by atoms with van der Waals surface area (Å²) in [4.78, 5) is 21.6. The molecule has 6 heteroatoms. The molecule has 0 aromatic heterocycles. The zero-order valence-corrected chi connectivity index (χ0v) is 13.0. The second-order valence-corrected chi connectivity index (χ2v) is 5.42. The molecule has 1 atom stereocenters. The van der Waals surface area contributed by atoms with E-state index in [1.165, 1.54) is 6.42 Å². The van der Waals surface area contributed by atoms with Gasteiger partial charge in [0.2, 0.25) is 5.91 Å². The van der Waals surface area contributed by atoms with E-state index >= 15 is 0 Å². The molecule has 0 bridgehead atoms. The average molecular weight is 304 g/mol. The van der Waals surface area contributed by atoms with Gasteiger partial charge in [0.15, 0.2) is 0 Å². The Balaban J connectivity index is 3.17. The molecule has 0 unspecified atom stereocenters. The van der Waals surface area contributed by atoms with Crippen LogP contribution in [0.15, 0.2) is 0 Å². The molecule has 20 heavy (non-hydrogen) atoms. The molecular weight excluding hydrogens is 276 g/mol. The van der Waals surface area contributed by atoms with Crippen LogP contribution in [0.5, 0.6) is 0 Å². The highest BCUT2D eigenvalue weighted by atomic mass is 32.1. The first-order valence-electron chi connectivity index (χ1n) is 7.44. The van der Waals surface area contributed by atoms with Crippen molar-refractivity contribution in [1.82, 2.24) is 5.32 Å². The Morgan fingerprint density at radius 3 is 2.00 bits per heavy atom. The Kier molecular flexibility index (Phi) is 12.7. The molecule has 1 amide bonds. The number of unbranched alkanes of at least 4 members (excludes halogenated alkanes) is 7. The number of carboxylic acid groups (broad SMARTS) is 1. The van der Waals surface area contributed by atoms with Crippen molar-refractivity contribution in [2.24, 2.45) is 5.73 Å². The largest absolute Gasteiger partial charge is 0.481 e. The van der Waals surface area contributed by atoms with Crippen molar-refractivity contribution in [2.75, 3.05) is 12.3 Å². The fourth-order valence-electron chi connectivity index (χ4n) is 1.89. The van der Waals surface area contributed by atoms with Gasteiger partial charge in [-0.15, -0.1) is 0 Å². The van der Waals surface area contributed by atoms with Gasteiger partial charge in [-0.3, -0.25) is 9.59 Å². The third-order valence-corrected chi connectivity index (χ3v) is 3.54. The highest BCUT2D eigenvalue weighted by Gasteiger charge is 2.09. The summed E-state index contributed by atoms with van der Waals surface area (Å²) in [5, 5.41) is 11.3. The van der Waals surface area contributed by atoms with E-state index in [1.54, 1.807) is 0 Å². The van der Waals surface area contributed by atoms with Gasteiger partial charge in [0, 0.05) is 18.7 Å². The topological polar surface area (TPSA) is 92.4 Å². The predicted molar refractivity (Wildman–Crippen MR) is 84.0 cm³/mol. The minimum absolute atomic E-state index is 0.126. The van der Waals surface area contributed by atoms with Crippen LogP contribution in [0, 0.1) is 0 Å². The Bertz CT molecular complexity index is 275. The number of aliphatic carboxylic acids is 1. The number of carboxylic acids is 1. The highest BCUT2D eigenvalue weighted by Crippen LogP contribution is 2.09. The lowest BCUT2D eigenvalue weighted by atomic mass is 10.1. The van der Waals surface area contributed by atoms with E-state index in [0.29, 0.717) is 12.3 Å². The Morgan fingerprint density at radius 1 is 1.00 bits per heavy atom. The molecule has 0 heterocycles. The van der Waals surface area contributed by atoms with Crippen LogP contribution in [0.3, 0.4) is 0 Å². The maximum Gasteiger partial charge on any atom is 0.303 e. The zero-order chi connectivity index (χ0) is 15.2. The van der Waals surface area contributed by atoms with Crippen molar-refractivity contribution in [3.63, 3.8) is 0 Å². The zero-order valence-electron chi connectivity index (χ0n) is 12.1. The third-order valence-electron chi connectivity index (χ3n) is 3.15. The number of carbonyl (C=O) groups is 2. The molecule has 4 N–H and O–H groups in total. The van der Waals surface area contributed by atoms with Gasteiger partial charge in [0.25, 0.3) is 0 Å². The van der Waals surface area contributed by atoms with Crippen LogP contribution < -0.4 is 11.1 Å². The van der Waals surface area contributed by atoms with Crippen LogP contribution in [-0.4, -0.2) is 35.3 Å². The van der Waals surface area contributed by atoms with Crippen molar-refractivity contribution in [3.05, 3.63) is 0 Å². The number of nitrogens with one attached hydrogen (secondary N) is 1. The molecule has 118 valence electrons. The van der Waals surface area contributed by atoms with Gasteiger partial charge >= 0.3 is 5.97 Å². The summed E-state index contributed by atoms with van der Waals surface area (Å²) in [6.45, 7) is 0.679. The second-order valence-electron chi connectivity index (χ2n) is 5.05. The lowest BCUT2D eigenvalue weighted by molar-refractivity contribution is -0.137. The maximum absolute atomic E-state index is 11.3. The fraction of sp³-hybridized carbons (Fsp3) is 0.857. The SMILES string of the molecule is N[C@@H](CS)C(=O)NCCCCCCCCCCC(=O)O. The number of carbonyl (C=O) groups excluding carboxylic acids is 1. The summed E-state index contributed by atoms with van der Waals surface area (Å²) in [6, 6.07) is -0.510. The minimum Gasteiger partial charge on any atom is -0.481 e. The lowest BCUT2D eigenvalue weighted by Gasteiger charge is -2.09. The molecule has 0 aromatic carbocycles. The Hall–Kier alpha value is -0.750. The van der Waals surface area contributed by atoms with Crippen LogP contribution in [0.1, 0.15) is 57.8 Å². The first-order chi connectivity index (χ1) is 9.57. The molecular formula is C14H28N2O3S. The van der Waals surface area contributed by atoms with Crippen molar-refractivity contribution >= 4 is 24.5 Å². The number of rotatable bonds is 13. The molecule has 0 saturated heterocycles. The van der Waals surface area contributed by atoms with Gasteiger partial charge in [-0.1, -0.05) is 38.5 Å². The smallest absolute Gasteiger partial charge is 0.303 e. The van der Waals surface area contributed by atoms with Crippen molar-refractivity contribution < 1.29 is 14.7 Å². The van der Waals surface area contributed by atoms with Crippen molar-refractivity contribution in [3.8, 4) is 0 Å². The molecule has 5 nitrogen and oxygen atoms in total. The number of hydrogen-bond donors (Lipinski definition) is 4. The summed E-state index contributed by atoms with van der Waals surface area (Å²) in [5.74, 6) is -0.462. The van der Waals surface area contributed by atoms with Gasteiger partial charge in [-0.2, -0.15) is 12.6 Å². The summed E-state index contributed by atoms with van der Waals surface area (Å²) < 4.78 is 0. The van der Waals surface area contributed by atoms with E-state index in [1.807, 2.05) is 0 Å². The lowest BCUT2D eigenvalue weighted by Crippen LogP contribution is -2.42. The van der Waals surface area contributed by atoms with E-state index in [9.17, 15) is 9.59 Å². The maximum atomic E-state index is 11.3. The van der Waals surface area contributed by atoms with Crippen LogP contribution in [-0.2, 0) is 9.59 Å². The van der Waals surface area contributed by atoms with Crippen LogP contribution in [0.4, 0.5) is 0 Å².